The van der Waals surface area contributed by atoms with Crippen molar-refractivity contribution in [3.63, 3.8) is 0 Å². The summed E-state index contributed by atoms with van der Waals surface area (Å²) in [4.78, 5) is 25.7. The lowest BCUT2D eigenvalue weighted by molar-refractivity contribution is -0.133. The predicted octanol–water partition coefficient (Wildman–Crippen LogP) is 2.95. The van der Waals surface area contributed by atoms with E-state index in [0.29, 0.717) is 25.4 Å². The minimum absolute atomic E-state index is 0.0846. The number of ether oxygens (including phenoxy) is 1. The molecule has 5 heteroatoms. The number of rotatable bonds is 5. The Morgan fingerprint density at radius 3 is 2.48 bits per heavy atom. The van der Waals surface area contributed by atoms with E-state index in [-0.39, 0.29) is 24.6 Å². The largest absolute Gasteiger partial charge is 0.445 e. The van der Waals surface area contributed by atoms with Gasteiger partial charge in [-0.2, -0.15) is 0 Å². The van der Waals surface area contributed by atoms with Crippen molar-refractivity contribution in [2.75, 3.05) is 13.1 Å². The highest BCUT2D eigenvalue weighted by molar-refractivity contribution is 5.76. The van der Waals surface area contributed by atoms with E-state index < -0.39 is 0 Å². The van der Waals surface area contributed by atoms with Gasteiger partial charge in [0, 0.05) is 25.6 Å². The van der Waals surface area contributed by atoms with Crippen LogP contribution in [0.3, 0.4) is 0 Å². The molecular formula is C18H26N2O3. The number of nitrogens with one attached hydrogen (secondary N) is 1. The Labute approximate surface area is 138 Å². The third-order valence-corrected chi connectivity index (χ3v) is 3.97. The fourth-order valence-electron chi connectivity index (χ4n) is 2.68. The van der Waals surface area contributed by atoms with Crippen molar-refractivity contribution in [1.29, 1.82) is 0 Å². The molecule has 2 rings (SSSR count). The van der Waals surface area contributed by atoms with Crippen LogP contribution >= 0.6 is 0 Å². The van der Waals surface area contributed by atoms with Crippen molar-refractivity contribution in [2.24, 2.45) is 5.92 Å². The fourth-order valence-corrected chi connectivity index (χ4v) is 2.68. The molecule has 1 fully saturated rings. The van der Waals surface area contributed by atoms with Crippen LogP contribution in [0.4, 0.5) is 4.79 Å². The summed E-state index contributed by atoms with van der Waals surface area (Å²) < 4.78 is 5.23. The first-order valence-corrected chi connectivity index (χ1v) is 8.29. The minimum atomic E-state index is -0.388. The van der Waals surface area contributed by atoms with Gasteiger partial charge in [0.1, 0.15) is 6.61 Å². The zero-order valence-electron chi connectivity index (χ0n) is 14.0. The number of hydrogen-bond donors (Lipinski definition) is 1. The standard InChI is InChI=1S/C18H26N2O3/c1-14(2)12-17(21)20-10-8-16(9-11-20)19-18(22)23-13-15-6-4-3-5-7-15/h3-7,14,16H,8-13H2,1-2H3,(H,19,22). The van der Waals surface area contributed by atoms with Crippen LogP contribution in [0.25, 0.3) is 0 Å². The zero-order chi connectivity index (χ0) is 16.7. The van der Waals surface area contributed by atoms with E-state index in [1.165, 1.54) is 0 Å². The normalized spacial score (nSPS) is 15.5. The first-order chi connectivity index (χ1) is 11.0. The summed E-state index contributed by atoms with van der Waals surface area (Å²) in [5, 5.41) is 2.89. The molecule has 5 nitrogen and oxygen atoms in total. The van der Waals surface area contributed by atoms with Crippen LogP contribution in [0.2, 0.25) is 0 Å². The summed E-state index contributed by atoms with van der Waals surface area (Å²) in [6.45, 7) is 5.78. The van der Waals surface area contributed by atoms with Crippen LogP contribution in [-0.4, -0.2) is 36.0 Å². The van der Waals surface area contributed by atoms with Gasteiger partial charge in [0.15, 0.2) is 0 Å². The number of nitrogens with zero attached hydrogens (tertiary/aromatic N) is 1. The number of hydrogen-bond acceptors (Lipinski definition) is 3. The Morgan fingerprint density at radius 2 is 1.87 bits per heavy atom. The SMILES string of the molecule is CC(C)CC(=O)N1CCC(NC(=O)OCc2ccccc2)CC1. The van der Waals surface area contributed by atoms with Crippen molar-refractivity contribution in [3.8, 4) is 0 Å². The second-order valence-corrected chi connectivity index (χ2v) is 6.46. The van der Waals surface area contributed by atoms with Gasteiger partial charge in [-0.25, -0.2) is 4.79 Å². The Bertz CT molecular complexity index is 508. The van der Waals surface area contributed by atoms with E-state index in [9.17, 15) is 9.59 Å². The van der Waals surface area contributed by atoms with Crippen molar-refractivity contribution < 1.29 is 14.3 Å². The topological polar surface area (TPSA) is 58.6 Å². The summed E-state index contributed by atoms with van der Waals surface area (Å²) in [6, 6.07) is 9.69. The molecule has 0 bridgehead atoms. The molecule has 0 spiro atoms. The number of benzene rings is 1. The smallest absolute Gasteiger partial charge is 0.407 e. The van der Waals surface area contributed by atoms with Gasteiger partial charge in [0.2, 0.25) is 5.91 Å². The number of carbonyl (C=O) groups excluding carboxylic acids is 2. The summed E-state index contributed by atoms with van der Waals surface area (Å²) in [5.74, 6) is 0.594. The molecule has 1 saturated heterocycles. The van der Waals surface area contributed by atoms with Crippen LogP contribution in [0.5, 0.6) is 0 Å². The lowest BCUT2D eigenvalue weighted by Gasteiger charge is -2.32. The molecule has 0 aromatic heterocycles. The lowest BCUT2D eigenvalue weighted by Crippen LogP contribution is -2.46. The molecule has 126 valence electrons. The molecule has 1 aromatic carbocycles. The van der Waals surface area contributed by atoms with Crippen molar-refractivity contribution >= 4 is 12.0 Å². The van der Waals surface area contributed by atoms with Gasteiger partial charge in [-0.1, -0.05) is 44.2 Å². The molecule has 1 aromatic rings. The predicted molar refractivity (Wildman–Crippen MR) is 88.8 cm³/mol. The van der Waals surface area contributed by atoms with Gasteiger partial charge in [-0.15, -0.1) is 0 Å². The average Bonchev–Trinajstić information content (AvgIpc) is 2.54. The van der Waals surface area contributed by atoms with E-state index in [1.807, 2.05) is 35.2 Å². The van der Waals surface area contributed by atoms with Crippen molar-refractivity contribution in [3.05, 3.63) is 35.9 Å². The highest BCUT2D eigenvalue weighted by atomic mass is 16.5. The highest BCUT2D eigenvalue weighted by Gasteiger charge is 2.24. The van der Waals surface area contributed by atoms with Gasteiger partial charge in [-0.3, -0.25) is 4.79 Å². The van der Waals surface area contributed by atoms with Gasteiger partial charge >= 0.3 is 6.09 Å². The van der Waals surface area contributed by atoms with Crippen molar-refractivity contribution in [1.82, 2.24) is 10.2 Å². The second-order valence-electron chi connectivity index (χ2n) is 6.46. The maximum absolute atomic E-state index is 12.0. The molecule has 1 heterocycles. The number of alkyl carbamates (subject to hydrolysis) is 1. The van der Waals surface area contributed by atoms with Crippen LogP contribution in [-0.2, 0) is 16.1 Å². The van der Waals surface area contributed by atoms with Crippen LogP contribution in [0.1, 0.15) is 38.7 Å². The van der Waals surface area contributed by atoms with E-state index in [0.717, 1.165) is 18.4 Å². The molecule has 0 unspecified atom stereocenters. The summed E-state index contributed by atoms with van der Waals surface area (Å²) in [7, 11) is 0. The Balaban J connectivity index is 1.67. The quantitative estimate of drug-likeness (QED) is 0.908. The maximum Gasteiger partial charge on any atom is 0.407 e. The zero-order valence-corrected chi connectivity index (χ0v) is 14.0. The number of amides is 2. The fraction of sp³-hybridized carbons (Fsp3) is 0.556. The first kappa shape index (κ1) is 17.3. The van der Waals surface area contributed by atoms with Crippen LogP contribution in [0.15, 0.2) is 30.3 Å². The van der Waals surface area contributed by atoms with E-state index in [2.05, 4.69) is 19.2 Å². The highest BCUT2D eigenvalue weighted by Crippen LogP contribution is 2.14. The summed E-state index contributed by atoms with van der Waals surface area (Å²) in [5.41, 5.74) is 0.969. The Hall–Kier alpha value is -2.04. The number of likely N-dealkylation sites (tertiary alicyclic amines) is 1. The summed E-state index contributed by atoms with van der Waals surface area (Å²) in [6.07, 6.45) is 1.77. The van der Waals surface area contributed by atoms with Gasteiger partial charge in [0.05, 0.1) is 0 Å². The molecule has 23 heavy (non-hydrogen) atoms. The maximum atomic E-state index is 12.0. The molecule has 1 aliphatic heterocycles. The van der Waals surface area contributed by atoms with Crippen LogP contribution in [0, 0.1) is 5.92 Å². The molecule has 0 aliphatic carbocycles. The van der Waals surface area contributed by atoms with E-state index in [4.69, 9.17) is 4.74 Å². The third-order valence-electron chi connectivity index (χ3n) is 3.97. The Kier molecular flexibility index (Phi) is 6.44. The number of carbonyl (C=O) groups is 2. The summed E-state index contributed by atoms with van der Waals surface area (Å²) >= 11 is 0. The minimum Gasteiger partial charge on any atom is -0.445 e. The Morgan fingerprint density at radius 1 is 1.22 bits per heavy atom. The molecule has 0 saturated carbocycles. The molecule has 1 N–H and O–H groups in total. The number of piperidine rings is 1. The lowest BCUT2D eigenvalue weighted by atomic mass is 10.0. The van der Waals surface area contributed by atoms with Crippen LogP contribution < -0.4 is 5.32 Å². The molecule has 0 radical (unpaired) electrons. The average molecular weight is 318 g/mol. The van der Waals surface area contributed by atoms with E-state index in [1.54, 1.807) is 0 Å². The van der Waals surface area contributed by atoms with Crippen molar-refractivity contribution in [2.45, 2.75) is 45.8 Å². The molecule has 1 aliphatic rings. The van der Waals surface area contributed by atoms with Gasteiger partial charge in [0.25, 0.3) is 0 Å². The van der Waals surface area contributed by atoms with Gasteiger partial charge in [-0.05, 0) is 24.3 Å². The van der Waals surface area contributed by atoms with E-state index >= 15 is 0 Å². The molecular weight excluding hydrogens is 292 g/mol. The monoisotopic (exact) mass is 318 g/mol. The third kappa shape index (κ3) is 5.93. The first-order valence-electron chi connectivity index (χ1n) is 8.29. The molecule has 2 amide bonds. The molecule has 0 atom stereocenters. The van der Waals surface area contributed by atoms with Gasteiger partial charge < -0.3 is 15.0 Å². The second kappa shape index (κ2) is 8.56.